The van der Waals surface area contributed by atoms with Crippen LogP contribution in [0.5, 0.6) is 0 Å². The maximum absolute atomic E-state index is 12.3. The van der Waals surface area contributed by atoms with Crippen molar-refractivity contribution in [3.8, 4) is 0 Å². The molecule has 0 saturated carbocycles. The van der Waals surface area contributed by atoms with E-state index in [1.54, 1.807) is 11.6 Å². The summed E-state index contributed by atoms with van der Waals surface area (Å²) in [6, 6.07) is 0. The lowest BCUT2D eigenvalue weighted by Gasteiger charge is -2.09. The summed E-state index contributed by atoms with van der Waals surface area (Å²) >= 11 is 1.35. The third-order valence-corrected chi connectivity index (χ3v) is 5.62. The minimum absolute atomic E-state index is 0.0245. The Labute approximate surface area is 120 Å². The highest BCUT2D eigenvalue weighted by Gasteiger charge is 2.25. The number of imidazole rings is 1. The maximum atomic E-state index is 12.3. The average Bonchev–Trinajstić information content (AvgIpc) is 3.04. The van der Waals surface area contributed by atoms with E-state index in [-0.39, 0.29) is 10.8 Å². The molecule has 20 heavy (non-hydrogen) atoms. The average molecular weight is 316 g/mol. The Kier molecular flexibility index (Phi) is 3.67. The van der Waals surface area contributed by atoms with Crippen molar-refractivity contribution < 1.29 is 13.2 Å². The normalized spacial score (nSPS) is 19.9. The molecule has 1 aliphatic rings. The van der Waals surface area contributed by atoms with Crippen molar-refractivity contribution in [1.29, 1.82) is 0 Å². The van der Waals surface area contributed by atoms with Gasteiger partial charge in [0, 0.05) is 31.3 Å². The van der Waals surface area contributed by atoms with E-state index >= 15 is 0 Å². The predicted molar refractivity (Wildman–Crippen MR) is 76.2 cm³/mol. The van der Waals surface area contributed by atoms with Crippen molar-refractivity contribution in [2.24, 2.45) is 5.92 Å². The Bertz CT molecular complexity index is 700. The van der Waals surface area contributed by atoms with Crippen LogP contribution in [0, 0.1) is 5.92 Å². The summed E-state index contributed by atoms with van der Waals surface area (Å²) in [6.45, 7) is 1.86. The Morgan fingerprint density at radius 1 is 1.60 bits per heavy atom. The minimum atomic E-state index is -3.64. The first-order chi connectivity index (χ1) is 9.58. The van der Waals surface area contributed by atoms with Gasteiger partial charge in [0.1, 0.15) is 0 Å². The van der Waals surface area contributed by atoms with Gasteiger partial charge in [0.25, 0.3) is 10.0 Å². The van der Waals surface area contributed by atoms with Crippen molar-refractivity contribution in [1.82, 2.24) is 14.1 Å². The summed E-state index contributed by atoms with van der Waals surface area (Å²) in [5.74, 6) is 0.468. The Morgan fingerprint density at radius 3 is 3.20 bits per heavy atom. The monoisotopic (exact) mass is 316 g/mol. The summed E-state index contributed by atoms with van der Waals surface area (Å²) in [7, 11) is -3.64. The summed E-state index contributed by atoms with van der Waals surface area (Å²) in [5, 5.41) is 1.80. The zero-order valence-electron chi connectivity index (χ0n) is 10.8. The van der Waals surface area contributed by atoms with Crippen LogP contribution < -0.4 is 10.5 Å². The molecule has 110 valence electrons. The van der Waals surface area contributed by atoms with Crippen LogP contribution in [0.4, 0.5) is 5.82 Å². The molecule has 2 aromatic heterocycles. The van der Waals surface area contributed by atoms with E-state index in [1.165, 1.54) is 15.7 Å². The first-order valence-corrected chi connectivity index (χ1v) is 8.72. The van der Waals surface area contributed by atoms with Gasteiger partial charge in [-0.05, 0) is 18.8 Å². The molecular formula is C11H16N4O3S2. The van der Waals surface area contributed by atoms with Gasteiger partial charge in [0.15, 0.2) is 15.8 Å². The van der Waals surface area contributed by atoms with Crippen molar-refractivity contribution in [2.45, 2.75) is 17.9 Å². The molecule has 9 heteroatoms. The zero-order valence-corrected chi connectivity index (χ0v) is 12.4. The van der Waals surface area contributed by atoms with Crippen LogP contribution in [0.25, 0.3) is 4.96 Å². The Morgan fingerprint density at radius 2 is 2.45 bits per heavy atom. The topological polar surface area (TPSA) is 98.7 Å². The highest BCUT2D eigenvalue weighted by atomic mass is 32.2. The second-order valence-corrected chi connectivity index (χ2v) is 7.33. The highest BCUT2D eigenvalue weighted by Crippen LogP contribution is 2.23. The number of ether oxygens (including phenoxy) is 1. The van der Waals surface area contributed by atoms with Gasteiger partial charge in [0.05, 0.1) is 0 Å². The predicted octanol–water partition coefficient (Wildman–Crippen LogP) is 0.683. The van der Waals surface area contributed by atoms with Crippen LogP contribution in [0.1, 0.15) is 12.8 Å². The summed E-state index contributed by atoms with van der Waals surface area (Å²) in [5.41, 5.74) is 5.71. The lowest BCUT2D eigenvalue weighted by atomic mass is 10.1. The van der Waals surface area contributed by atoms with Crippen LogP contribution in [-0.4, -0.2) is 37.6 Å². The van der Waals surface area contributed by atoms with Gasteiger partial charge in [0.2, 0.25) is 0 Å². The number of rotatable bonds is 5. The number of hydrogen-bond acceptors (Lipinski definition) is 6. The van der Waals surface area contributed by atoms with Gasteiger partial charge >= 0.3 is 0 Å². The number of anilines is 1. The lowest BCUT2D eigenvalue weighted by molar-refractivity contribution is 0.184. The zero-order chi connectivity index (χ0) is 14.2. The molecule has 1 fully saturated rings. The summed E-state index contributed by atoms with van der Waals surface area (Å²) in [4.78, 5) is 4.62. The number of nitrogen functional groups attached to an aromatic ring is 1. The van der Waals surface area contributed by atoms with E-state index in [9.17, 15) is 8.42 Å². The molecule has 3 rings (SSSR count). The molecule has 0 bridgehead atoms. The smallest absolute Gasteiger partial charge is 0.260 e. The highest BCUT2D eigenvalue weighted by molar-refractivity contribution is 7.89. The SMILES string of the molecule is Nc1nc2sccn2c1S(=O)(=O)NCCC1CCOC1. The number of thiazole rings is 1. The van der Waals surface area contributed by atoms with Gasteiger partial charge < -0.3 is 10.5 Å². The third kappa shape index (κ3) is 2.53. The number of aromatic nitrogens is 2. The van der Waals surface area contributed by atoms with Crippen LogP contribution in [-0.2, 0) is 14.8 Å². The largest absolute Gasteiger partial charge is 0.381 e. The standard InChI is InChI=1S/C11H16N4O3S2/c12-9-10(15-4-6-19-11(15)14-9)20(16,17)13-3-1-8-2-5-18-7-8/h4,6,8,13H,1-3,5,7,12H2. The van der Waals surface area contributed by atoms with Crippen LogP contribution in [0.15, 0.2) is 16.6 Å². The molecule has 0 spiro atoms. The number of nitrogens with two attached hydrogens (primary N) is 1. The second-order valence-electron chi connectivity index (χ2n) is 4.77. The number of hydrogen-bond donors (Lipinski definition) is 2. The Hall–Kier alpha value is -1.16. The minimum Gasteiger partial charge on any atom is -0.381 e. The molecule has 0 radical (unpaired) electrons. The maximum Gasteiger partial charge on any atom is 0.260 e. The van der Waals surface area contributed by atoms with Crippen LogP contribution in [0.3, 0.4) is 0 Å². The lowest BCUT2D eigenvalue weighted by Crippen LogP contribution is -2.28. The first-order valence-electron chi connectivity index (χ1n) is 6.36. The number of nitrogens with zero attached hydrogens (tertiary/aromatic N) is 2. The molecule has 1 atom stereocenters. The van der Waals surface area contributed by atoms with E-state index in [1.807, 2.05) is 0 Å². The van der Waals surface area contributed by atoms with E-state index in [2.05, 4.69) is 9.71 Å². The van der Waals surface area contributed by atoms with E-state index < -0.39 is 10.0 Å². The summed E-state index contributed by atoms with van der Waals surface area (Å²) < 4.78 is 34.0. The molecule has 1 unspecified atom stereocenters. The molecule has 1 saturated heterocycles. The first kappa shape index (κ1) is 13.8. The Balaban J connectivity index is 1.74. The summed E-state index contributed by atoms with van der Waals surface area (Å²) in [6.07, 6.45) is 3.42. The fourth-order valence-corrected chi connectivity index (χ4v) is 4.36. The van der Waals surface area contributed by atoms with Crippen LogP contribution in [0.2, 0.25) is 0 Å². The fraction of sp³-hybridized carbons (Fsp3) is 0.545. The third-order valence-electron chi connectivity index (χ3n) is 3.37. The van der Waals surface area contributed by atoms with Gasteiger partial charge in [-0.3, -0.25) is 4.40 Å². The van der Waals surface area contributed by atoms with Crippen molar-refractivity contribution in [3.63, 3.8) is 0 Å². The van der Waals surface area contributed by atoms with E-state index in [0.717, 1.165) is 19.4 Å². The molecule has 1 aliphatic heterocycles. The van der Waals surface area contributed by atoms with Gasteiger partial charge in [-0.25, -0.2) is 18.1 Å². The molecule has 3 heterocycles. The van der Waals surface area contributed by atoms with Crippen molar-refractivity contribution >= 4 is 32.1 Å². The molecule has 7 nitrogen and oxygen atoms in total. The van der Waals surface area contributed by atoms with Gasteiger partial charge in [-0.2, -0.15) is 0 Å². The van der Waals surface area contributed by atoms with E-state index in [4.69, 9.17) is 10.5 Å². The van der Waals surface area contributed by atoms with Crippen molar-refractivity contribution in [2.75, 3.05) is 25.5 Å². The fourth-order valence-electron chi connectivity index (χ4n) is 2.33. The molecule has 0 aliphatic carbocycles. The molecule has 2 aromatic rings. The number of sulfonamides is 1. The second kappa shape index (κ2) is 5.32. The van der Waals surface area contributed by atoms with Gasteiger partial charge in [-0.15, -0.1) is 11.3 Å². The quantitative estimate of drug-likeness (QED) is 0.845. The van der Waals surface area contributed by atoms with Gasteiger partial charge in [-0.1, -0.05) is 0 Å². The van der Waals surface area contributed by atoms with Crippen molar-refractivity contribution in [3.05, 3.63) is 11.6 Å². The van der Waals surface area contributed by atoms with Crippen LogP contribution >= 0.6 is 11.3 Å². The molecule has 0 aromatic carbocycles. The molecular weight excluding hydrogens is 300 g/mol. The van der Waals surface area contributed by atoms with E-state index in [0.29, 0.717) is 24.0 Å². The number of fused-ring (bicyclic) bond motifs is 1. The molecule has 3 N–H and O–H groups in total. The number of nitrogens with one attached hydrogen (secondary N) is 1. The molecule has 0 amide bonds.